The van der Waals surface area contributed by atoms with E-state index in [0.29, 0.717) is 5.56 Å². The Bertz CT molecular complexity index is 1290. The molecular weight excluding hydrogens is 474 g/mol. The van der Waals surface area contributed by atoms with Gasteiger partial charge in [0, 0.05) is 12.1 Å². The van der Waals surface area contributed by atoms with Gasteiger partial charge in [-0.3, -0.25) is 14.9 Å². The topological polar surface area (TPSA) is 181 Å². The molecule has 2 aliphatic heterocycles. The highest BCUT2D eigenvalue weighted by atomic mass is 32.2. The van der Waals surface area contributed by atoms with E-state index in [1.807, 2.05) is 0 Å². The third kappa shape index (κ3) is 3.48. The Morgan fingerprint density at radius 3 is 2.56 bits per heavy atom. The molecule has 0 spiro atoms. The minimum absolute atomic E-state index is 0.127. The van der Waals surface area contributed by atoms with Gasteiger partial charge < -0.3 is 14.4 Å². The van der Waals surface area contributed by atoms with Crippen LogP contribution in [0, 0.1) is 10.1 Å². The quantitative estimate of drug-likeness (QED) is 0.216. The molecule has 3 heterocycles. The van der Waals surface area contributed by atoms with Gasteiger partial charge in [-0.1, -0.05) is 5.21 Å². The molecular formula is C19H19N5O9S. The number of rotatable bonds is 7. The molecule has 0 aliphatic carbocycles. The zero-order valence-electron chi connectivity index (χ0n) is 18.0. The lowest BCUT2D eigenvalue weighted by molar-refractivity contribution is -0.384. The maximum absolute atomic E-state index is 13.3. The van der Waals surface area contributed by atoms with Crippen LogP contribution >= 0.6 is 0 Å². The summed E-state index contributed by atoms with van der Waals surface area (Å²) in [7, 11) is -2.95. The molecule has 3 atom stereocenters. The summed E-state index contributed by atoms with van der Waals surface area (Å²) in [5, 5.41) is 17.0. The Kier molecular flexibility index (Phi) is 5.59. The highest BCUT2D eigenvalue weighted by Gasteiger charge is 2.70. The number of aromatic nitrogens is 3. The van der Waals surface area contributed by atoms with Gasteiger partial charge in [0.05, 0.1) is 31.2 Å². The molecule has 1 aromatic heterocycles. The van der Waals surface area contributed by atoms with Gasteiger partial charge in [-0.15, -0.1) is 5.10 Å². The number of β-lactam (4-membered cyclic amide) rings is 1. The number of benzene rings is 1. The van der Waals surface area contributed by atoms with Gasteiger partial charge in [-0.05, 0) is 24.6 Å². The molecule has 0 N–H and O–H groups in total. The number of nitro benzene ring substituents is 1. The van der Waals surface area contributed by atoms with Crippen molar-refractivity contribution in [3.8, 4) is 0 Å². The van der Waals surface area contributed by atoms with Crippen LogP contribution in [0.2, 0.25) is 0 Å². The molecule has 2 saturated heterocycles. The number of esters is 2. The van der Waals surface area contributed by atoms with E-state index in [0.717, 1.165) is 22.9 Å². The predicted molar refractivity (Wildman–Crippen MR) is 111 cm³/mol. The van der Waals surface area contributed by atoms with Gasteiger partial charge in [0.25, 0.3) is 5.69 Å². The van der Waals surface area contributed by atoms with Crippen molar-refractivity contribution < 1.29 is 37.2 Å². The van der Waals surface area contributed by atoms with E-state index < -0.39 is 55.3 Å². The Morgan fingerprint density at radius 2 is 1.97 bits per heavy atom. The Balaban J connectivity index is 1.62. The molecule has 1 aromatic carbocycles. The van der Waals surface area contributed by atoms with E-state index in [1.165, 1.54) is 31.2 Å². The summed E-state index contributed by atoms with van der Waals surface area (Å²) < 4.78 is 35.8. The van der Waals surface area contributed by atoms with E-state index >= 15 is 0 Å². The van der Waals surface area contributed by atoms with Crippen molar-refractivity contribution in [1.82, 2.24) is 19.9 Å². The van der Waals surface area contributed by atoms with Crippen molar-refractivity contribution in [2.75, 3.05) is 7.11 Å². The SMILES string of the molecule is COC(=O)c1cnnn1C[C@@]1(C)[C@H](C(=O)OCc2ccc([N+](=O)[O-])cc2)N2C(=O)C[C@@H]2S1(=O)=O. The maximum atomic E-state index is 13.3. The van der Waals surface area contributed by atoms with E-state index in [-0.39, 0.29) is 24.4 Å². The van der Waals surface area contributed by atoms with E-state index in [2.05, 4.69) is 15.0 Å². The number of hydrogen-bond donors (Lipinski definition) is 0. The van der Waals surface area contributed by atoms with Crippen LogP contribution in [0.1, 0.15) is 29.4 Å². The number of fused-ring (bicyclic) bond motifs is 1. The average Bonchev–Trinajstić information content (AvgIpc) is 3.30. The molecule has 0 radical (unpaired) electrons. The molecule has 0 unspecified atom stereocenters. The third-order valence-electron chi connectivity index (χ3n) is 6.04. The van der Waals surface area contributed by atoms with Gasteiger partial charge in [0.1, 0.15) is 16.7 Å². The fourth-order valence-corrected chi connectivity index (χ4v) is 6.50. The first-order chi connectivity index (χ1) is 16.0. The summed E-state index contributed by atoms with van der Waals surface area (Å²) >= 11 is 0. The Morgan fingerprint density at radius 1 is 1.29 bits per heavy atom. The molecule has 15 heteroatoms. The second-order valence-corrected chi connectivity index (χ2v) is 10.6. The molecule has 0 saturated carbocycles. The van der Waals surface area contributed by atoms with Crippen molar-refractivity contribution >= 4 is 33.4 Å². The van der Waals surface area contributed by atoms with Gasteiger partial charge in [0.2, 0.25) is 5.91 Å². The normalized spacial score (nSPS) is 24.8. The molecule has 2 aliphatic rings. The van der Waals surface area contributed by atoms with Gasteiger partial charge in [-0.2, -0.15) is 0 Å². The number of carbonyl (C=O) groups excluding carboxylic acids is 3. The molecule has 2 fully saturated rings. The fourth-order valence-electron chi connectivity index (χ4n) is 4.15. The zero-order valence-corrected chi connectivity index (χ0v) is 18.8. The van der Waals surface area contributed by atoms with Crippen molar-refractivity contribution in [1.29, 1.82) is 0 Å². The Labute approximate surface area is 192 Å². The standard InChI is InChI=1S/C19H19N5O9S/c1-19(10-22-13(8-20-21-22)17(26)32-2)16(23-14(25)7-15(23)34(19,30)31)18(27)33-9-11-3-5-12(6-4-11)24(28)29/h3-6,8,15-16H,7,9-10H2,1-2H3/t15-,16-,19-/m0/s1. The van der Waals surface area contributed by atoms with Gasteiger partial charge in [-0.25, -0.2) is 22.7 Å². The second kappa shape index (κ2) is 8.16. The van der Waals surface area contributed by atoms with Crippen LogP contribution in [-0.2, 0) is 42.1 Å². The molecule has 180 valence electrons. The van der Waals surface area contributed by atoms with E-state index in [4.69, 9.17) is 4.74 Å². The number of methoxy groups -OCH3 is 1. The first kappa shape index (κ1) is 23.3. The fraction of sp³-hybridized carbons (Fsp3) is 0.421. The summed E-state index contributed by atoms with van der Waals surface area (Å²) in [4.78, 5) is 48.6. The molecule has 2 aromatic rings. The number of carbonyl (C=O) groups is 3. The van der Waals surface area contributed by atoms with Crippen molar-refractivity contribution in [2.24, 2.45) is 0 Å². The number of nitro groups is 1. The van der Waals surface area contributed by atoms with Crippen LogP contribution in [0.15, 0.2) is 30.5 Å². The van der Waals surface area contributed by atoms with E-state index in [1.54, 1.807) is 0 Å². The first-order valence-electron chi connectivity index (χ1n) is 9.92. The lowest BCUT2D eigenvalue weighted by Crippen LogP contribution is -2.58. The van der Waals surface area contributed by atoms with Crippen LogP contribution in [0.3, 0.4) is 0 Å². The van der Waals surface area contributed by atoms with Crippen LogP contribution in [-0.4, -0.2) is 74.4 Å². The lowest BCUT2D eigenvalue weighted by Gasteiger charge is -2.36. The van der Waals surface area contributed by atoms with E-state index in [9.17, 15) is 32.9 Å². The molecule has 1 amide bonds. The maximum Gasteiger partial charge on any atom is 0.358 e. The number of hydrogen-bond acceptors (Lipinski definition) is 11. The second-order valence-electron chi connectivity index (χ2n) is 8.02. The molecule has 4 rings (SSSR count). The summed E-state index contributed by atoms with van der Waals surface area (Å²) in [5.41, 5.74) is 0.155. The average molecular weight is 493 g/mol. The summed E-state index contributed by atoms with van der Waals surface area (Å²) in [6.07, 6.45) is 0.823. The number of ether oxygens (including phenoxy) is 2. The number of amides is 1. The first-order valence-corrected chi connectivity index (χ1v) is 11.5. The van der Waals surface area contributed by atoms with Gasteiger partial charge in [0.15, 0.2) is 21.6 Å². The minimum Gasteiger partial charge on any atom is -0.464 e. The minimum atomic E-state index is -4.09. The molecule has 14 nitrogen and oxygen atoms in total. The molecule has 0 bridgehead atoms. The number of sulfone groups is 1. The predicted octanol–water partition coefficient (Wildman–Crippen LogP) is -0.170. The largest absolute Gasteiger partial charge is 0.464 e. The van der Waals surface area contributed by atoms with Crippen molar-refractivity contribution in [2.45, 2.75) is 42.7 Å². The van der Waals surface area contributed by atoms with Crippen LogP contribution < -0.4 is 0 Å². The van der Waals surface area contributed by atoms with Crippen LogP contribution in [0.25, 0.3) is 0 Å². The highest BCUT2D eigenvalue weighted by Crippen LogP contribution is 2.47. The lowest BCUT2D eigenvalue weighted by atomic mass is 9.96. The summed E-state index contributed by atoms with van der Waals surface area (Å²) in [5.74, 6) is -2.30. The zero-order chi connectivity index (χ0) is 24.8. The van der Waals surface area contributed by atoms with Gasteiger partial charge >= 0.3 is 11.9 Å². The number of non-ortho nitro benzene ring substituents is 1. The van der Waals surface area contributed by atoms with Crippen molar-refractivity contribution in [3.63, 3.8) is 0 Å². The van der Waals surface area contributed by atoms with Crippen LogP contribution in [0.4, 0.5) is 5.69 Å². The summed E-state index contributed by atoms with van der Waals surface area (Å²) in [6, 6.07) is 3.76. The monoisotopic (exact) mass is 493 g/mol. The van der Waals surface area contributed by atoms with Crippen molar-refractivity contribution in [3.05, 3.63) is 51.8 Å². The highest BCUT2D eigenvalue weighted by molar-refractivity contribution is 7.93. The molecule has 34 heavy (non-hydrogen) atoms. The number of nitrogens with zero attached hydrogens (tertiary/aromatic N) is 5. The summed E-state index contributed by atoms with van der Waals surface area (Å²) in [6.45, 7) is 0.526. The smallest absolute Gasteiger partial charge is 0.358 e. The van der Waals surface area contributed by atoms with Crippen LogP contribution in [0.5, 0.6) is 0 Å². The Hall–Kier alpha value is -3.88. The third-order valence-corrected chi connectivity index (χ3v) is 8.80.